The molecule has 0 amide bonds. The van der Waals surface area contributed by atoms with Crippen LogP contribution in [0.1, 0.15) is 5.56 Å². The molecule has 5 nitrogen and oxygen atoms in total. The molecule has 1 aliphatic rings. The Labute approximate surface area is 168 Å². The first kappa shape index (κ1) is 20.0. The molecule has 3 rings (SSSR count). The zero-order valence-corrected chi connectivity index (χ0v) is 17.0. The molecule has 0 bridgehead atoms. The molecule has 9 heteroatoms. The van der Waals surface area contributed by atoms with Gasteiger partial charge in [0.15, 0.2) is 5.11 Å². The van der Waals surface area contributed by atoms with Gasteiger partial charge in [-0.25, -0.2) is 12.8 Å². The first-order valence-corrected chi connectivity index (χ1v) is 10.6. The lowest BCUT2D eigenvalue weighted by Gasteiger charge is -2.35. The summed E-state index contributed by atoms with van der Waals surface area (Å²) in [5, 5.41) is 4.31. The van der Waals surface area contributed by atoms with E-state index in [1.54, 1.807) is 6.07 Å². The lowest BCUT2D eigenvalue weighted by Crippen LogP contribution is -2.51. The highest BCUT2D eigenvalue weighted by Gasteiger charge is 2.31. The monoisotopic (exact) mass is 427 g/mol. The molecule has 0 saturated carbocycles. The molecule has 2 aromatic rings. The Morgan fingerprint density at radius 2 is 1.78 bits per heavy atom. The maximum Gasteiger partial charge on any atom is 0.246 e. The Kier molecular flexibility index (Phi) is 6.00. The first-order chi connectivity index (χ1) is 12.8. The van der Waals surface area contributed by atoms with E-state index >= 15 is 0 Å². The minimum absolute atomic E-state index is 0.229. The Balaban J connectivity index is 1.66. The Bertz CT molecular complexity index is 961. The molecule has 144 valence electrons. The van der Waals surface area contributed by atoms with Crippen molar-refractivity contribution in [2.75, 3.05) is 31.5 Å². The highest BCUT2D eigenvalue weighted by atomic mass is 35.5. The third-order valence-electron chi connectivity index (χ3n) is 4.49. The van der Waals surface area contributed by atoms with Crippen LogP contribution in [0.5, 0.6) is 0 Å². The van der Waals surface area contributed by atoms with E-state index in [4.69, 9.17) is 23.8 Å². The van der Waals surface area contributed by atoms with Crippen molar-refractivity contribution in [1.29, 1.82) is 0 Å². The van der Waals surface area contributed by atoms with Crippen LogP contribution < -0.4 is 5.32 Å². The molecule has 27 heavy (non-hydrogen) atoms. The first-order valence-electron chi connectivity index (χ1n) is 8.36. The number of nitrogens with one attached hydrogen (secondary N) is 1. The van der Waals surface area contributed by atoms with Crippen molar-refractivity contribution in [1.82, 2.24) is 9.21 Å². The smallest absolute Gasteiger partial charge is 0.246 e. The van der Waals surface area contributed by atoms with Gasteiger partial charge in [0.2, 0.25) is 10.0 Å². The Morgan fingerprint density at radius 3 is 2.44 bits per heavy atom. The Hall–Kier alpha value is -1.74. The van der Waals surface area contributed by atoms with E-state index in [1.165, 1.54) is 22.5 Å². The fourth-order valence-electron chi connectivity index (χ4n) is 2.86. The molecular weight excluding hydrogens is 409 g/mol. The summed E-state index contributed by atoms with van der Waals surface area (Å²) >= 11 is 11.6. The molecule has 0 aromatic heterocycles. The van der Waals surface area contributed by atoms with Crippen LogP contribution in [0.3, 0.4) is 0 Å². The second-order valence-electron chi connectivity index (χ2n) is 6.16. The van der Waals surface area contributed by atoms with Gasteiger partial charge in [0, 0.05) is 36.9 Å². The summed E-state index contributed by atoms with van der Waals surface area (Å²) < 4.78 is 40.5. The summed E-state index contributed by atoms with van der Waals surface area (Å²) in [5.41, 5.74) is 1.70. The number of thiocarbonyl (C=S) groups is 1. The van der Waals surface area contributed by atoms with E-state index in [0.29, 0.717) is 23.2 Å². The average molecular weight is 428 g/mol. The molecule has 0 aliphatic carbocycles. The summed E-state index contributed by atoms with van der Waals surface area (Å²) in [5.74, 6) is -0.742. The van der Waals surface area contributed by atoms with Gasteiger partial charge < -0.3 is 10.2 Å². The lowest BCUT2D eigenvalue weighted by molar-refractivity contribution is 0.268. The van der Waals surface area contributed by atoms with Gasteiger partial charge in [-0.05, 0) is 49.0 Å². The fraction of sp³-hybridized carbons (Fsp3) is 0.278. The van der Waals surface area contributed by atoms with Gasteiger partial charge in [-0.15, -0.1) is 0 Å². The normalized spacial score (nSPS) is 15.6. The van der Waals surface area contributed by atoms with Gasteiger partial charge in [-0.1, -0.05) is 29.8 Å². The molecule has 2 aromatic carbocycles. The van der Waals surface area contributed by atoms with Gasteiger partial charge in [-0.3, -0.25) is 0 Å². The number of halogens is 2. The van der Waals surface area contributed by atoms with Crippen LogP contribution >= 0.6 is 23.8 Å². The molecule has 0 unspecified atom stereocenters. The zero-order valence-electron chi connectivity index (χ0n) is 14.7. The van der Waals surface area contributed by atoms with Crippen molar-refractivity contribution in [3.63, 3.8) is 0 Å². The number of nitrogens with zero attached hydrogens (tertiary/aromatic N) is 2. The average Bonchev–Trinajstić information content (AvgIpc) is 2.65. The minimum Gasteiger partial charge on any atom is -0.346 e. The van der Waals surface area contributed by atoms with Gasteiger partial charge in [-0.2, -0.15) is 4.31 Å². The fourth-order valence-corrected chi connectivity index (χ4v) is 4.82. The zero-order chi connectivity index (χ0) is 19.6. The third kappa shape index (κ3) is 4.24. The Morgan fingerprint density at radius 1 is 1.11 bits per heavy atom. The molecule has 1 saturated heterocycles. The second-order valence-corrected chi connectivity index (χ2v) is 8.86. The molecular formula is C18H19ClFN3O2S2. The predicted molar refractivity (Wildman–Crippen MR) is 109 cm³/mol. The van der Waals surface area contributed by atoms with Crippen molar-refractivity contribution >= 4 is 44.6 Å². The topological polar surface area (TPSA) is 52.6 Å². The third-order valence-corrected chi connectivity index (χ3v) is 7.19. The van der Waals surface area contributed by atoms with Crippen molar-refractivity contribution in [2.45, 2.75) is 11.8 Å². The molecule has 0 radical (unpaired) electrons. The number of piperazine rings is 1. The molecule has 1 N–H and O–H groups in total. The summed E-state index contributed by atoms with van der Waals surface area (Å²) in [6, 6.07) is 10.9. The quantitative estimate of drug-likeness (QED) is 0.760. The van der Waals surface area contributed by atoms with Gasteiger partial charge in [0.05, 0.1) is 0 Å². The largest absolute Gasteiger partial charge is 0.346 e. The van der Waals surface area contributed by atoms with Gasteiger partial charge in [0.1, 0.15) is 10.7 Å². The summed E-state index contributed by atoms with van der Waals surface area (Å²) in [4.78, 5) is 1.59. The maximum atomic E-state index is 13.9. The van der Waals surface area contributed by atoms with Gasteiger partial charge in [0.25, 0.3) is 0 Å². The van der Waals surface area contributed by atoms with Crippen LogP contribution in [0.25, 0.3) is 0 Å². The van der Waals surface area contributed by atoms with E-state index in [9.17, 15) is 12.8 Å². The SMILES string of the molecule is Cc1c(Cl)cccc1NC(=S)N1CCN(S(=O)(=O)c2ccccc2F)CC1. The number of benzene rings is 2. The summed E-state index contributed by atoms with van der Waals surface area (Å²) in [7, 11) is -3.86. The van der Waals surface area contributed by atoms with Crippen molar-refractivity contribution in [3.05, 3.63) is 58.9 Å². The van der Waals surface area contributed by atoms with Crippen LogP contribution in [-0.4, -0.2) is 48.9 Å². The number of sulfonamides is 1. The second kappa shape index (κ2) is 8.10. The summed E-state index contributed by atoms with van der Waals surface area (Å²) in [6.07, 6.45) is 0. The van der Waals surface area contributed by atoms with E-state index in [2.05, 4.69) is 5.32 Å². The van der Waals surface area contributed by atoms with Crippen LogP contribution in [-0.2, 0) is 10.0 Å². The van der Waals surface area contributed by atoms with Gasteiger partial charge >= 0.3 is 0 Å². The van der Waals surface area contributed by atoms with Crippen molar-refractivity contribution in [2.24, 2.45) is 0 Å². The van der Waals surface area contributed by atoms with Crippen LogP contribution in [0, 0.1) is 12.7 Å². The number of hydrogen-bond donors (Lipinski definition) is 1. The van der Waals surface area contributed by atoms with E-state index in [0.717, 1.165) is 17.3 Å². The van der Waals surface area contributed by atoms with E-state index in [1.807, 2.05) is 24.0 Å². The lowest BCUT2D eigenvalue weighted by atomic mass is 10.2. The van der Waals surface area contributed by atoms with Crippen LogP contribution in [0.2, 0.25) is 5.02 Å². The van der Waals surface area contributed by atoms with Crippen molar-refractivity contribution in [3.8, 4) is 0 Å². The van der Waals surface area contributed by atoms with Crippen LogP contribution in [0.15, 0.2) is 47.4 Å². The highest BCUT2D eigenvalue weighted by Crippen LogP contribution is 2.24. The minimum atomic E-state index is -3.86. The number of rotatable bonds is 3. The standard InChI is InChI=1S/C18H19ClFN3O2S2/c1-13-14(19)5-4-7-16(13)21-18(26)22-9-11-23(12-10-22)27(24,25)17-8-3-2-6-15(17)20/h2-8H,9-12H2,1H3,(H,21,26). The van der Waals surface area contributed by atoms with E-state index < -0.39 is 15.8 Å². The number of anilines is 1. The molecule has 1 heterocycles. The molecule has 0 spiro atoms. The summed E-state index contributed by atoms with van der Waals surface area (Å²) in [6.45, 7) is 3.19. The van der Waals surface area contributed by atoms with Crippen LogP contribution in [0.4, 0.5) is 10.1 Å². The number of hydrogen-bond acceptors (Lipinski definition) is 3. The molecule has 0 atom stereocenters. The molecule has 1 aliphatic heterocycles. The van der Waals surface area contributed by atoms with Crippen molar-refractivity contribution < 1.29 is 12.8 Å². The maximum absolute atomic E-state index is 13.9. The predicted octanol–water partition coefficient (Wildman–Crippen LogP) is 3.49. The molecule has 1 fully saturated rings. The van der Waals surface area contributed by atoms with E-state index in [-0.39, 0.29) is 18.0 Å². The highest BCUT2D eigenvalue weighted by molar-refractivity contribution is 7.89.